The van der Waals surface area contributed by atoms with E-state index in [0.717, 1.165) is 35.1 Å². The summed E-state index contributed by atoms with van der Waals surface area (Å²) in [5.74, 6) is 0.174. The molecule has 0 aromatic heterocycles. The summed E-state index contributed by atoms with van der Waals surface area (Å²) in [6, 6.07) is 5.95. The molecule has 0 aliphatic heterocycles. The highest BCUT2D eigenvalue weighted by Crippen LogP contribution is 2.28. The van der Waals surface area contributed by atoms with Crippen LogP contribution >= 0.6 is 0 Å². The molecule has 0 unspecified atom stereocenters. The lowest BCUT2D eigenvalue weighted by molar-refractivity contribution is 0.103. The second-order valence-corrected chi connectivity index (χ2v) is 5.14. The summed E-state index contributed by atoms with van der Waals surface area (Å²) < 4.78 is 0. The van der Waals surface area contributed by atoms with Gasteiger partial charge in [-0.1, -0.05) is 29.8 Å². The Balaban J connectivity index is 2.44. The van der Waals surface area contributed by atoms with Crippen LogP contribution < -0.4 is 0 Å². The van der Waals surface area contributed by atoms with E-state index in [-0.39, 0.29) is 5.78 Å². The molecule has 0 amide bonds. The van der Waals surface area contributed by atoms with Gasteiger partial charge >= 0.3 is 0 Å². The van der Waals surface area contributed by atoms with Crippen molar-refractivity contribution in [2.75, 3.05) is 0 Å². The van der Waals surface area contributed by atoms with Crippen LogP contribution in [0.2, 0.25) is 0 Å². The fourth-order valence-corrected chi connectivity index (χ4v) is 2.41. The minimum atomic E-state index is 0.174. The van der Waals surface area contributed by atoms with Crippen LogP contribution in [-0.4, -0.2) is 5.78 Å². The predicted molar refractivity (Wildman–Crippen MR) is 75.9 cm³/mol. The van der Waals surface area contributed by atoms with E-state index in [2.05, 4.69) is 32.9 Å². The molecule has 0 saturated heterocycles. The number of benzene rings is 1. The molecular formula is C17H20O. The van der Waals surface area contributed by atoms with Crippen LogP contribution in [0.25, 0.3) is 0 Å². The number of allylic oxidation sites excluding steroid dienone is 4. The van der Waals surface area contributed by atoms with Gasteiger partial charge in [0, 0.05) is 11.1 Å². The molecule has 2 rings (SSSR count). The molecule has 0 saturated carbocycles. The lowest BCUT2D eigenvalue weighted by Crippen LogP contribution is -2.10. The van der Waals surface area contributed by atoms with Gasteiger partial charge in [-0.15, -0.1) is 0 Å². The Hall–Kier alpha value is -1.63. The van der Waals surface area contributed by atoms with Crippen LogP contribution in [-0.2, 0) is 0 Å². The first-order chi connectivity index (χ1) is 8.52. The van der Waals surface area contributed by atoms with Gasteiger partial charge in [0.05, 0.1) is 0 Å². The summed E-state index contributed by atoms with van der Waals surface area (Å²) in [6.45, 7) is 8.26. The van der Waals surface area contributed by atoms with Crippen molar-refractivity contribution >= 4 is 5.78 Å². The molecule has 1 heteroatoms. The van der Waals surface area contributed by atoms with E-state index in [1.54, 1.807) is 0 Å². The average molecular weight is 240 g/mol. The molecule has 1 aliphatic rings. The smallest absolute Gasteiger partial charge is 0.193 e. The van der Waals surface area contributed by atoms with Crippen LogP contribution in [0.15, 0.2) is 41.0 Å². The van der Waals surface area contributed by atoms with E-state index < -0.39 is 0 Å². The third-order valence-corrected chi connectivity index (χ3v) is 4.01. The van der Waals surface area contributed by atoms with E-state index in [4.69, 9.17) is 0 Å². The van der Waals surface area contributed by atoms with Gasteiger partial charge < -0.3 is 0 Å². The van der Waals surface area contributed by atoms with Crippen molar-refractivity contribution in [2.45, 2.75) is 40.5 Å². The van der Waals surface area contributed by atoms with Gasteiger partial charge in [0.15, 0.2) is 5.78 Å². The molecule has 0 heterocycles. The molecule has 0 fully saturated rings. The number of Topliss-reactive ketones (excluding diaryl/α,β-unsaturated/α-hetero) is 1. The Labute approximate surface area is 109 Å². The summed E-state index contributed by atoms with van der Waals surface area (Å²) in [6.07, 6.45) is 4.15. The minimum Gasteiger partial charge on any atom is -0.289 e. The zero-order valence-corrected chi connectivity index (χ0v) is 11.6. The molecule has 18 heavy (non-hydrogen) atoms. The predicted octanol–water partition coefficient (Wildman–Crippen LogP) is 4.54. The molecule has 1 aromatic carbocycles. The van der Waals surface area contributed by atoms with Crippen molar-refractivity contribution in [3.05, 3.63) is 57.7 Å². The Morgan fingerprint density at radius 3 is 2.56 bits per heavy atom. The molecule has 0 radical (unpaired) electrons. The zero-order valence-electron chi connectivity index (χ0n) is 11.6. The van der Waals surface area contributed by atoms with Crippen LogP contribution in [0.4, 0.5) is 0 Å². The maximum absolute atomic E-state index is 12.6. The topological polar surface area (TPSA) is 17.1 Å². The zero-order chi connectivity index (χ0) is 13.3. The van der Waals surface area contributed by atoms with Crippen LogP contribution in [0.5, 0.6) is 0 Å². The standard InChI is InChI=1S/C17H20O/c1-11-7-5-9-15(13(11)3)17(18)16-10-6-8-12(2)14(16)4/h5,7,9-10H,6,8H2,1-4H3. The van der Waals surface area contributed by atoms with Gasteiger partial charge in [-0.3, -0.25) is 4.79 Å². The van der Waals surface area contributed by atoms with Crippen molar-refractivity contribution in [1.82, 2.24) is 0 Å². The Kier molecular flexibility index (Phi) is 3.51. The molecule has 0 spiro atoms. The molecule has 1 aliphatic carbocycles. The Morgan fingerprint density at radius 2 is 1.83 bits per heavy atom. The third-order valence-electron chi connectivity index (χ3n) is 4.01. The molecule has 0 bridgehead atoms. The highest BCUT2D eigenvalue weighted by Gasteiger charge is 2.19. The van der Waals surface area contributed by atoms with Gasteiger partial charge in [-0.25, -0.2) is 0 Å². The Bertz CT molecular complexity index is 559. The van der Waals surface area contributed by atoms with Gasteiger partial charge in [-0.05, 0) is 57.2 Å². The second-order valence-electron chi connectivity index (χ2n) is 5.14. The Morgan fingerprint density at radius 1 is 1.11 bits per heavy atom. The maximum Gasteiger partial charge on any atom is 0.193 e. The van der Waals surface area contributed by atoms with Crippen LogP contribution in [0, 0.1) is 13.8 Å². The van der Waals surface area contributed by atoms with Gasteiger partial charge in [0.25, 0.3) is 0 Å². The highest BCUT2D eigenvalue weighted by atomic mass is 16.1. The average Bonchev–Trinajstić information content (AvgIpc) is 2.35. The van der Waals surface area contributed by atoms with Crippen molar-refractivity contribution in [2.24, 2.45) is 0 Å². The van der Waals surface area contributed by atoms with Crippen LogP contribution in [0.1, 0.15) is 48.2 Å². The molecule has 94 valence electrons. The summed E-state index contributed by atoms with van der Waals surface area (Å²) in [4.78, 5) is 12.6. The van der Waals surface area contributed by atoms with E-state index in [1.807, 2.05) is 19.1 Å². The molecule has 0 N–H and O–H groups in total. The molecule has 1 nitrogen and oxygen atoms in total. The normalized spacial score (nSPS) is 15.7. The largest absolute Gasteiger partial charge is 0.289 e. The minimum absolute atomic E-state index is 0.174. The van der Waals surface area contributed by atoms with E-state index >= 15 is 0 Å². The number of carbonyl (C=O) groups is 1. The van der Waals surface area contributed by atoms with E-state index in [9.17, 15) is 4.79 Å². The van der Waals surface area contributed by atoms with Crippen molar-refractivity contribution < 1.29 is 4.79 Å². The van der Waals surface area contributed by atoms with Gasteiger partial charge in [0.2, 0.25) is 0 Å². The lowest BCUT2D eigenvalue weighted by Gasteiger charge is -2.17. The number of ketones is 1. The number of hydrogen-bond acceptors (Lipinski definition) is 1. The first-order valence-electron chi connectivity index (χ1n) is 6.50. The van der Waals surface area contributed by atoms with Crippen molar-refractivity contribution in [1.29, 1.82) is 0 Å². The third kappa shape index (κ3) is 2.17. The molecule has 0 atom stereocenters. The fraction of sp³-hybridized carbons (Fsp3) is 0.353. The SMILES string of the molecule is CC1=C(C)C(C(=O)c2cccc(C)c2C)=CCC1. The lowest BCUT2D eigenvalue weighted by atomic mass is 9.86. The molecule has 1 aromatic rings. The first kappa shape index (κ1) is 12.8. The maximum atomic E-state index is 12.6. The van der Waals surface area contributed by atoms with Crippen molar-refractivity contribution in [3.8, 4) is 0 Å². The fourth-order valence-electron chi connectivity index (χ4n) is 2.41. The number of rotatable bonds is 2. The number of carbonyl (C=O) groups excluding carboxylic acids is 1. The van der Waals surface area contributed by atoms with E-state index in [0.29, 0.717) is 0 Å². The van der Waals surface area contributed by atoms with Crippen molar-refractivity contribution in [3.63, 3.8) is 0 Å². The quantitative estimate of drug-likeness (QED) is 0.693. The first-order valence-corrected chi connectivity index (χ1v) is 6.50. The van der Waals surface area contributed by atoms with Gasteiger partial charge in [-0.2, -0.15) is 0 Å². The number of hydrogen-bond donors (Lipinski definition) is 0. The second kappa shape index (κ2) is 4.93. The molecular weight excluding hydrogens is 220 g/mol. The van der Waals surface area contributed by atoms with Gasteiger partial charge in [0.1, 0.15) is 0 Å². The van der Waals surface area contributed by atoms with E-state index in [1.165, 1.54) is 11.1 Å². The summed E-state index contributed by atoms with van der Waals surface area (Å²) in [5.41, 5.74) is 6.51. The summed E-state index contributed by atoms with van der Waals surface area (Å²) in [5, 5.41) is 0. The number of aryl methyl sites for hydroxylation is 1. The monoisotopic (exact) mass is 240 g/mol. The summed E-state index contributed by atoms with van der Waals surface area (Å²) in [7, 11) is 0. The summed E-state index contributed by atoms with van der Waals surface area (Å²) >= 11 is 0. The van der Waals surface area contributed by atoms with Crippen LogP contribution in [0.3, 0.4) is 0 Å². The highest BCUT2D eigenvalue weighted by molar-refractivity contribution is 6.12.